The first-order valence-corrected chi connectivity index (χ1v) is 48.6. The minimum atomic E-state index is -0.600. The van der Waals surface area contributed by atoms with Gasteiger partial charge in [-0.05, 0) is 259 Å². The van der Waals surface area contributed by atoms with Crippen molar-refractivity contribution in [3.8, 4) is 67.8 Å². The number of ether oxygens (including phenoxy) is 4. The molecule has 0 aliphatic heterocycles. The molecule has 0 radical (unpaired) electrons. The van der Waals surface area contributed by atoms with Gasteiger partial charge in [0.25, 0.3) is 5.88 Å². The van der Waals surface area contributed by atoms with E-state index < -0.39 is 17.7 Å². The fourth-order valence-corrected chi connectivity index (χ4v) is 11.7. The van der Waals surface area contributed by atoms with Crippen molar-refractivity contribution in [2.75, 3.05) is 14.2 Å². The Morgan fingerprint density at radius 3 is 0.958 bits per heavy atom. The van der Waals surface area contributed by atoms with Crippen LogP contribution in [0.15, 0.2) is 264 Å². The number of alkyl carbamates (subject to hydrolysis) is 1. The van der Waals surface area contributed by atoms with Gasteiger partial charge in [-0.25, -0.2) is 4.79 Å². The predicted molar refractivity (Wildman–Crippen MR) is 577 cm³/mol. The van der Waals surface area contributed by atoms with Gasteiger partial charge in [0.15, 0.2) is 11.5 Å². The van der Waals surface area contributed by atoms with Crippen LogP contribution < -0.4 is 24.8 Å². The van der Waals surface area contributed by atoms with Crippen molar-refractivity contribution in [1.82, 2.24) is 99.6 Å². The van der Waals surface area contributed by atoms with Crippen molar-refractivity contribution in [1.29, 1.82) is 0 Å². The molecular weight excluding hydrogens is 1790 g/mol. The van der Waals surface area contributed by atoms with Gasteiger partial charge >= 0.3 is 6.09 Å². The summed E-state index contributed by atoms with van der Waals surface area (Å²) in [4.78, 5) is 27.1. The van der Waals surface area contributed by atoms with Crippen molar-refractivity contribution in [3.63, 3.8) is 0 Å². The maximum absolute atomic E-state index is 11.5. The molecule has 0 aliphatic carbocycles. The van der Waals surface area contributed by atoms with Crippen LogP contribution in [0, 0.1) is 20.8 Å². The lowest BCUT2D eigenvalue weighted by Crippen LogP contribution is -2.48. The first kappa shape index (κ1) is 120. The van der Waals surface area contributed by atoms with E-state index in [1.165, 1.54) is 38.9 Å². The van der Waals surface area contributed by atoms with E-state index in [9.17, 15) is 9.59 Å². The van der Waals surface area contributed by atoms with Gasteiger partial charge in [0.1, 0.15) is 34.7 Å². The SMILES string of the molecule is CC(C)(C)n1cc(-c2ccccc2)cn1.CC(C)(C)n1cc(-c2ccccc2)cn1.CC(C)(C)n1cc(-c2ccccc2)cn1.CC(C)(C)n1cc(-c2ccccn2)cn1.CC(C)(C)n1cc(Oc2ccccc2)cn1.CC(C)NC(=O)C(C)NC(=O)OC(C)(C)C.COc1cc(C(C)(C)C)on1.COc1cnn(C(C)(C)C)c1.Cc1cc(C(C)(C)C)on1.Cc1cc(C(C)C)on1.Cc1cnn(C(C)(C)C)c1. The molecule has 2 amide bonds. The Hall–Kier alpha value is -13.7. The van der Waals surface area contributed by atoms with E-state index in [2.05, 4.69) is 336 Å². The summed E-state index contributed by atoms with van der Waals surface area (Å²) in [6.45, 7) is 77.9. The molecule has 0 saturated heterocycles. The van der Waals surface area contributed by atoms with E-state index in [1.807, 2.05) is 225 Å². The molecule has 0 fully saturated rings. The highest BCUT2D eigenvalue weighted by Gasteiger charge is 2.26. The normalized spacial score (nSPS) is 11.8. The minimum absolute atomic E-state index is 0.00375. The zero-order valence-electron chi connectivity index (χ0n) is 93.1. The number of amides is 2. The topological polar surface area (TPSA) is 311 Å². The van der Waals surface area contributed by atoms with Gasteiger partial charge in [0.05, 0.1) is 126 Å². The lowest BCUT2D eigenvalue weighted by molar-refractivity contribution is -0.123. The molecule has 0 bridgehead atoms. The van der Waals surface area contributed by atoms with Crippen LogP contribution in [-0.4, -0.2) is 133 Å². The molecule has 1 unspecified atom stereocenters. The zero-order valence-corrected chi connectivity index (χ0v) is 93.1. The summed E-state index contributed by atoms with van der Waals surface area (Å²) in [5, 5.41) is 46.6. The molecule has 776 valence electrons. The van der Waals surface area contributed by atoms with Gasteiger partial charge in [0.2, 0.25) is 5.91 Å². The number of hydrogen-bond acceptors (Lipinski definition) is 20. The zero-order chi connectivity index (χ0) is 107. The van der Waals surface area contributed by atoms with E-state index in [1.54, 1.807) is 66.6 Å². The Balaban J connectivity index is 0.000000278. The number of benzene rings is 4. The molecular formula is C114H166N20O9. The highest BCUT2D eigenvalue weighted by Crippen LogP contribution is 2.31. The average Bonchev–Trinajstić information content (AvgIpc) is 1.70. The summed E-state index contributed by atoms with van der Waals surface area (Å²) in [5.41, 5.74) is 12.2. The third-order valence-electron chi connectivity index (χ3n) is 20.0. The number of nitrogens with zero attached hydrogens (tertiary/aromatic N) is 18. The molecule has 1 atom stereocenters. The largest absolute Gasteiger partial charge is 0.493 e. The number of carbonyl (C=O) groups is 2. The molecule has 0 aliphatic rings. The fourth-order valence-electron chi connectivity index (χ4n) is 11.7. The molecule has 29 nitrogen and oxygen atoms in total. The lowest BCUT2D eigenvalue weighted by Gasteiger charge is -2.22. The number of rotatable bonds is 12. The number of aromatic nitrogens is 18. The molecule has 143 heavy (non-hydrogen) atoms. The van der Waals surface area contributed by atoms with Gasteiger partial charge in [-0.1, -0.05) is 181 Å². The summed E-state index contributed by atoms with van der Waals surface area (Å²) in [5.74, 6) is 5.92. The summed E-state index contributed by atoms with van der Waals surface area (Å²) in [6, 6.07) is 51.7. The van der Waals surface area contributed by atoms with E-state index in [4.69, 9.17) is 32.5 Å². The number of pyridine rings is 1. The fraction of sp³-hybridized carbons (Fsp3) is 0.465. The van der Waals surface area contributed by atoms with Crippen LogP contribution >= 0.6 is 0 Å². The first-order chi connectivity index (χ1) is 66.2. The van der Waals surface area contributed by atoms with Crippen LogP contribution in [0.5, 0.6) is 23.1 Å². The van der Waals surface area contributed by atoms with Crippen LogP contribution in [0.4, 0.5) is 4.79 Å². The maximum Gasteiger partial charge on any atom is 0.408 e. The number of aryl methyl sites for hydroxylation is 3. The van der Waals surface area contributed by atoms with E-state index in [0.29, 0.717) is 11.8 Å². The standard InChI is InChI=1S/C13H16N2O.3C13H16N2.C12H15N3.C11H22N2O3.C8H14N2O.C8H14N2.C8H13NO2.C8H13NO.C7H11NO/c1-13(2,3)15-10-12(9-14-15)16-11-7-5-4-6-8-11;3*1-13(2,3)15-10-12(9-14-15)11-7-5-4-6-8-11;1-12(2,3)15-9-10(8-14-15)11-6-4-5-7-13-11;1-7(2)12-9(14)8(3)13-10(15)16-11(4,5)6;1-8(2,3)10-6-7(11-4)5-9-10;1-7-5-9-10(6-7)8(2,3)4;1-8(2,3)6-5-7(10-4)9-11-6;1-6-5-7(10-9-6)8(2,3)4;1-5(2)7-4-6(3)8-9-7/h4-10H,1-3H3;3*4-10H,1-3H3;4-9H,1-3H3;7-8H,1-6H3,(H,12,14)(H,13,15);5-6H,1-4H3;5-6H,1-4H3;5H,1-4H3;5H,1-4H3;4-5H,1-3H3. The molecule has 11 heterocycles. The predicted octanol–water partition coefficient (Wildman–Crippen LogP) is 27.4. The minimum Gasteiger partial charge on any atom is -0.493 e. The van der Waals surface area contributed by atoms with Crippen LogP contribution in [0.3, 0.4) is 0 Å². The Bertz CT molecular complexity index is 5640. The highest BCUT2D eigenvalue weighted by molar-refractivity contribution is 5.85. The van der Waals surface area contributed by atoms with Gasteiger partial charge in [0, 0.05) is 100 Å². The number of carbonyl (C=O) groups excluding carboxylic acids is 2. The number of para-hydroxylation sites is 1. The molecule has 0 spiro atoms. The van der Waals surface area contributed by atoms with E-state index in [-0.39, 0.29) is 61.6 Å². The summed E-state index contributed by atoms with van der Waals surface area (Å²) in [7, 11) is 3.22. The maximum atomic E-state index is 11.5. The van der Waals surface area contributed by atoms with Crippen molar-refractivity contribution in [2.24, 2.45) is 0 Å². The molecule has 0 saturated carbocycles. The Labute approximate surface area is 852 Å². The van der Waals surface area contributed by atoms with Crippen molar-refractivity contribution < 1.29 is 42.1 Å². The number of hydrogen-bond donors (Lipinski definition) is 2. The van der Waals surface area contributed by atoms with Crippen LogP contribution in [0.25, 0.3) is 44.6 Å². The molecule has 29 heteroatoms. The molecule has 2 N–H and O–H groups in total. The van der Waals surface area contributed by atoms with E-state index >= 15 is 0 Å². The third kappa shape index (κ3) is 44.1. The lowest BCUT2D eigenvalue weighted by atomic mass is 9.93. The number of nitrogens with one attached hydrogen (secondary N) is 2. The van der Waals surface area contributed by atoms with Crippen molar-refractivity contribution in [2.45, 2.75) is 336 Å². The summed E-state index contributed by atoms with van der Waals surface area (Å²) in [6.07, 6.45) is 28.3. The van der Waals surface area contributed by atoms with Gasteiger partial charge in [-0.3, -0.25) is 42.6 Å². The Morgan fingerprint density at radius 1 is 0.336 bits per heavy atom. The second kappa shape index (κ2) is 53.4. The van der Waals surface area contributed by atoms with Crippen LogP contribution in [0.1, 0.15) is 282 Å². The number of methoxy groups -OCH3 is 2. The Kier molecular flexibility index (Phi) is 44.7. The Morgan fingerprint density at radius 2 is 0.678 bits per heavy atom. The second-order valence-corrected chi connectivity index (χ2v) is 45.1. The third-order valence-corrected chi connectivity index (χ3v) is 20.0. The van der Waals surface area contributed by atoms with Gasteiger partial charge in [-0.15, -0.1) is 0 Å². The monoisotopic (exact) mass is 1960 g/mol. The molecule has 11 aromatic heterocycles. The van der Waals surface area contributed by atoms with Crippen molar-refractivity contribution in [3.05, 3.63) is 285 Å². The first-order valence-electron chi connectivity index (χ1n) is 48.6. The second-order valence-electron chi connectivity index (χ2n) is 45.1. The molecule has 15 rings (SSSR count). The van der Waals surface area contributed by atoms with Crippen LogP contribution in [0.2, 0.25) is 0 Å². The summed E-state index contributed by atoms with van der Waals surface area (Å²) < 4.78 is 49.4. The average molecular weight is 1960 g/mol. The molecule has 4 aromatic carbocycles. The van der Waals surface area contributed by atoms with Gasteiger partial charge < -0.3 is 43.2 Å². The van der Waals surface area contributed by atoms with Crippen molar-refractivity contribution >= 4 is 12.0 Å². The quantitative estimate of drug-likeness (QED) is 0.115. The van der Waals surface area contributed by atoms with E-state index in [0.717, 1.165) is 57.2 Å². The highest BCUT2D eigenvalue weighted by atomic mass is 16.6. The van der Waals surface area contributed by atoms with Crippen LogP contribution in [-0.2, 0) is 59.1 Å². The smallest absolute Gasteiger partial charge is 0.408 e. The van der Waals surface area contributed by atoms with Gasteiger partial charge in [-0.2, -0.15) is 35.7 Å². The molecule has 15 aromatic rings. The summed E-state index contributed by atoms with van der Waals surface area (Å²) >= 11 is 0.